The number of rotatable bonds is 5. The predicted octanol–water partition coefficient (Wildman–Crippen LogP) is 1.77. The van der Waals surface area contributed by atoms with Gasteiger partial charge < -0.3 is 15.7 Å². The first-order valence-electron chi connectivity index (χ1n) is 6.78. The van der Waals surface area contributed by atoms with E-state index in [1.54, 1.807) is 0 Å². The zero-order chi connectivity index (χ0) is 13.8. The highest BCUT2D eigenvalue weighted by Gasteiger charge is 2.25. The monoisotopic (exact) mass is 279 g/mol. The summed E-state index contributed by atoms with van der Waals surface area (Å²) in [6.45, 7) is 3.23. The van der Waals surface area contributed by atoms with Gasteiger partial charge in [-0.05, 0) is 44.7 Å². The Morgan fingerprint density at radius 3 is 3.05 bits per heavy atom. The highest BCUT2D eigenvalue weighted by molar-refractivity contribution is 7.80. The highest BCUT2D eigenvalue weighted by Crippen LogP contribution is 2.27. The van der Waals surface area contributed by atoms with E-state index in [1.807, 2.05) is 19.1 Å². The van der Waals surface area contributed by atoms with E-state index >= 15 is 0 Å². The van der Waals surface area contributed by atoms with E-state index < -0.39 is 0 Å². The Kier molecular flexibility index (Phi) is 4.71. The molecule has 0 amide bonds. The van der Waals surface area contributed by atoms with E-state index in [2.05, 4.69) is 9.88 Å². The van der Waals surface area contributed by atoms with Crippen LogP contribution in [0.25, 0.3) is 0 Å². The van der Waals surface area contributed by atoms with Crippen molar-refractivity contribution in [2.75, 3.05) is 18.1 Å². The molecule has 1 unspecified atom stereocenters. The second kappa shape index (κ2) is 6.30. The Morgan fingerprint density at radius 1 is 1.58 bits per heavy atom. The third kappa shape index (κ3) is 3.42. The molecule has 2 rings (SSSR count). The van der Waals surface area contributed by atoms with Crippen molar-refractivity contribution in [1.82, 2.24) is 4.98 Å². The minimum Gasteiger partial charge on any atom is -0.396 e. The van der Waals surface area contributed by atoms with Crippen molar-refractivity contribution in [1.29, 1.82) is 0 Å². The van der Waals surface area contributed by atoms with Crippen LogP contribution in [0, 0.1) is 6.92 Å². The summed E-state index contributed by atoms with van der Waals surface area (Å²) >= 11 is 5.05. The van der Waals surface area contributed by atoms with Crippen molar-refractivity contribution in [2.24, 2.45) is 5.73 Å². The molecule has 0 radical (unpaired) electrons. The van der Waals surface area contributed by atoms with Gasteiger partial charge in [0, 0.05) is 30.5 Å². The van der Waals surface area contributed by atoms with Crippen molar-refractivity contribution in [3.8, 4) is 0 Å². The molecule has 5 heteroatoms. The molecule has 4 nitrogen and oxygen atoms in total. The Hall–Kier alpha value is -1.20. The molecule has 0 spiro atoms. The number of hydrogen-bond acceptors (Lipinski definition) is 4. The number of aliphatic hydroxyl groups excluding tert-OH is 1. The molecule has 1 aliphatic heterocycles. The van der Waals surface area contributed by atoms with Crippen LogP contribution in [0.1, 0.15) is 36.9 Å². The summed E-state index contributed by atoms with van der Waals surface area (Å²) in [6.07, 6.45) is 4.19. The minimum absolute atomic E-state index is 0.254. The second-order valence-electron chi connectivity index (χ2n) is 5.07. The first-order valence-corrected chi connectivity index (χ1v) is 7.18. The van der Waals surface area contributed by atoms with E-state index in [1.165, 1.54) is 6.42 Å². The fourth-order valence-corrected chi connectivity index (χ4v) is 2.82. The highest BCUT2D eigenvalue weighted by atomic mass is 32.1. The lowest BCUT2D eigenvalue weighted by atomic mass is 10.1. The summed E-state index contributed by atoms with van der Waals surface area (Å²) in [6, 6.07) is 4.37. The zero-order valence-electron chi connectivity index (χ0n) is 11.3. The molecule has 2 heterocycles. The molecule has 19 heavy (non-hydrogen) atoms. The minimum atomic E-state index is 0.254. The molecule has 1 aliphatic rings. The van der Waals surface area contributed by atoms with Gasteiger partial charge >= 0.3 is 0 Å². The number of aryl methyl sites for hydroxylation is 1. The molecular formula is C14H21N3OS. The first kappa shape index (κ1) is 14.2. The maximum absolute atomic E-state index is 8.98. The normalized spacial score (nSPS) is 18.8. The summed E-state index contributed by atoms with van der Waals surface area (Å²) in [5.74, 6) is 0.961. The summed E-state index contributed by atoms with van der Waals surface area (Å²) in [5.41, 5.74) is 7.54. The molecule has 0 aromatic carbocycles. The topological polar surface area (TPSA) is 62.4 Å². The quantitative estimate of drug-likeness (QED) is 0.804. The van der Waals surface area contributed by atoms with Crippen LogP contribution in [0.3, 0.4) is 0 Å². The second-order valence-corrected chi connectivity index (χ2v) is 5.51. The number of aliphatic hydroxyl groups is 1. The van der Waals surface area contributed by atoms with Gasteiger partial charge in [-0.1, -0.05) is 12.2 Å². The van der Waals surface area contributed by atoms with Crippen molar-refractivity contribution in [3.63, 3.8) is 0 Å². The predicted molar refractivity (Wildman–Crippen MR) is 81.5 cm³/mol. The number of nitrogens with zero attached hydrogens (tertiary/aromatic N) is 2. The van der Waals surface area contributed by atoms with Gasteiger partial charge in [0.25, 0.3) is 0 Å². The third-order valence-electron chi connectivity index (χ3n) is 3.59. The zero-order valence-corrected chi connectivity index (χ0v) is 12.1. The van der Waals surface area contributed by atoms with E-state index in [9.17, 15) is 0 Å². The van der Waals surface area contributed by atoms with Crippen LogP contribution in [0.15, 0.2) is 12.1 Å². The molecule has 1 atom stereocenters. The summed E-state index contributed by atoms with van der Waals surface area (Å²) in [5, 5.41) is 8.98. The molecule has 1 aromatic heterocycles. The van der Waals surface area contributed by atoms with E-state index in [-0.39, 0.29) is 6.61 Å². The van der Waals surface area contributed by atoms with Crippen LogP contribution in [-0.2, 0) is 0 Å². The third-order valence-corrected chi connectivity index (χ3v) is 3.83. The van der Waals surface area contributed by atoms with Crippen molar-refractivity contribution in [3.05, 3.63) is 23.4 Å². The molecule has 3 N–H and O–H groups in total. The smallest absolute Gasteiger partial charge is 0.129 e. The van der Waals surface area contributed by atoms with Gasteiger partial charge in [0.1, 0.15) is 10.8 Å². The van der Waals surface area contributed by atoms with Crippen molar-refractivity contribution >= 4 is 23.0 Å². The average Bonchev–Trinajstić information content (AvgIpc) is 2.83. The van der Waals surface area contributed by atoms with Gasteiger partial charge in [0.05, 0.1) is 0 Å². The number of hydrogen-bond donors (Lipinski definition) is 2. The molecule has 104 valence electrons. The van der Waals surface area contributed by atoms with Crippen LogP contribution in [0.2, 0.25) is 0 Å². The van der Waals surface area contributed by atoms with Crippen molar-refractivity contribution < 1.29 is 5.11 Å². The maximum atomic E-state index is 8.98. The summed E-state index contributed by atoms with van der Waals surface area (Å²) < 4.78 is 0. The van der Waals surface area contributed by atoms with Gasteiger partial charge in [0.15, 0.2) is 0 Å². The summed E-state index contributed by atoms with van der Waals surface area (Å²) in [7, 11) is 0. The van der Waals surface area contributed by atoms with Gasteiger partial charge in [-0.15, -0.1) is 0 Å². The van der Waals surface area contributed by atoms with E-state index in [4.69, 9.17) is 23.1 Å². The Labute approximate surface area is 119 Å². The number of nitrogens with two attached hydrogens (primary N) is 1. The number of pyridine rings is 1. The standard InChI is InChI=1S/C14H21N3OS/c1-10-8-11(14(15)19)9-13(16-10)17-6-2-4-12(17)5-3-7-18/h8-9,12,18H,2-7H2,1H3,(H2,15,19). The van der Waals surface area contributed by atoms with Crippen LogP contribution in [0.5, 0.6) is 0 Å². The van der Waals surface area contributed by atoms with E-state index in [0.717, 1.165) is 42.9 Å². The van der Waals surface area contributed by atoms with Gasteiger partial charge in [0.2, 0.25) is 0 Å². The lowest BCUT2D eigenvalue weighted by molar-refractivity contribution is 0.279. The lowest BCUT2D eigenvalue weighted by Crippen LogP contribution is -2.30. The van der Waals surface area contributed by atoms with Crippen LogP contribution >= 0.6 is 12.2 Å². The van der Waals surface area contributed by atoms with Crippen molar-refractivity contribution in [2.45, 2.75) is 38.6 Å². The Balaban J connectivity index is 2.22. The molecule has 0 aliphatic carbocycles. The number of aromatic nitrogens is 1. The molecule has 0 saturated carbocycles. The molecule has 1 aromatic rings. The van der Waals surface area contributed by atoms with Crippen LogP contribution in [-0.4, -0.2) is 34.3 Å². The van der Waals surface area contributed by atoms with Gasteiger partial charge in [-0.25, -0.2) is 4.98 Å². The van der Waals surface area contributed by atoms with Crippen LogP contribution in [0.4, 0.5) is 5.82 Å². The Morgan fingerprint density at radius 2 is 2.37 bits per heavy atom. The molecule has 1 fully saturated rings. The number of thiocarbonyl (C=S) groups is 1. The molecular weight excluding hydrogens is 258 g/mol. The lowest BCUT2D eigenvalue weighted by Gasteiger charge is -2.26. The van der Waals surface area contributed by atoms with Gasteiger partial charge in [-0.2, -0.15) is 0 Å². The van der Waals surface area contributed by atoms with Gasteiger partial charge in [-0.3, -0.25) is 0 Å². The fourth-order valence-electron chi connectivity index (χ4n) is 2.70. The van der Waals surface area contributed by atoms with E-state index in [0.29, 0.717) is 11.0 Å². The largest absolute Gasteiger partial charge is 0.396 e. The summed E-state index contributed by atoms with van der Waals surface area (Å²) in [4.78, 5) is 7.34. The first-order chi connectivity index (χ1) is 9.11. The molecule has 0 bridgehead atoms. The SMILES string of the molecule is Cc1cc(C(N)=S)cc(N2CCCC2CCCO)n1. The molecule has 1 saturated heterocycles. The van der Waals surface area contributed by atoms with Crippen LogP contribution < -0.4 is 10.6 Å². The maximum Gasteiger partial charge on any atom is 0.129 e. The number of anilines is 1. The Bertz CT molecular complexity index is 464. The fraction of sp³-hybridized carbons (Fsp3) is 0.571. The average molecular weight is 279 g/mol.